The number of carbonyl (C=O) groups is 2. The molecule has 0 bridgehead atoms. The second kappa shape index (κ2) is 7.70. The summed E-state index contributed by atoms with van der Waals surface area (Å²) in [6, 6.07) is 13.9. The van der Waals surface area contributed by atoms with Crippen LogP contribution in [0.1, 0.15) is 24.0 Å². The minimum Gasteiger partial charge on any atom is -0.494 e. The van der Waals surface area contributed by atoms with Crippen molar-refractivity contribution in [3.8, 4) is 5.75 Å². The normalized spacial score (nSPS) is 16.4. The number of hydrazine groups is 1. The quantitative estimate of drug-likeness (QED) is 0.717. The molecule has 0 atom stereocenters. The van der Waals surface area contributed by atoms with Gasteiger partial charge < -0.3 is 9.64 Å². The molecule has 0 aromatic heterocycles. The van der Waals surface area contributed by atoms with E-state index in [1.807, 2.05) is 46.3 Å². The first-order valence-electron chi connectivity index (χ1n) is 10.2. The Balaban J connectivity index is 1.10. The van der Waals surface area contributed by atoms with Gasteiger partial charge in [0.2, 0.25) is 17.8 Å². The zero-order valence-corrected chi connectivity index (χ0v) is 16.6. The highest BCUT2D eigenvalue weighted by Crippen LogP contribution is 2.30. The average Bonchev–Trinajstić information content (AvgIpc) is 3.31. The Morgan fingerprint density at radius 1 is 1.17 bits per heavy atom. The molecule has 5 rings (SSSR count). The van der Waals surface area contributed by atoms with Gasteiger partial charge in [0.05, 0.1) is 18.0 Å². The molecule has 1 saturated heterocycles. The van der Waals surface area contributed by atoms with Crippen molar-refractivity contribution in [2.75, 3.05) is 24.7 Å². The number of nitrogens with one attached hydrogen (secondary N) is 2. The highest BCUT2D eigenvalue weighted by Gasteiger charge is 2.29. The van der Waals surface area contributed by atoms with E-state index in [9.17, 15) is 9.59 Å². The first-order valence-corrected chi connectivity index (χ1v) is 10.2. The van der Waals surface area contributed by atoms with Crippen LogP contribution in [0.2, 0.25) is 0 Å². The predicted molar refractivity (Wildman–Crippen MR) is 112 cm³/mol. The fourth-order valence-electron chi connectivity index (χ4n) is 4.01. The molecule has 0 radical (unpaired) electrons. The summed E-state index contributed by atoms with van der Waals surface area (Å²) in [6.45, 7) is 2.23. The van der Waals surface area contributed by atoms with Crippen LogP contribution in [-0.4, -0.2) is 42.4 Å². The van der Waals surface area contributed by atoms with Crippen molar-refractivity contribution in [1.29, 1.82) is 0 Å². The van der Waals surface area contributed by atoms with Gasteiger partial charge in [0, 0.05) is 25.1 Å². The number of benzene rings is 2. The van der Waals surface area contributed by atoms with Gasteiger partial charge >= 0.3 is 0 Å². The van der Waals surface area contributed by atoms with Gasteiger partial charge in [0.25, 0.3) is 0 Å². The van der Waals surface area contributed by atoms with E-state index in [0.717, 1.165) is 35.7 Å². The molecule has 3 aliphatic heterocycles. The van der Waals surface area contributed by atoms with Gasteiger partial charge in [-0.2, -0.15) is 0 Å². The minimum absolute atomic E-state index is 0.00573. The van der Waals surface area contributed by atoms with Crippen LogP contribution in [-0.2, 0) is 22.6 Å². The number of nitrogens with zero attached hydrogens (tertiary/aromatic N) is 3. The van der Waals surface area contributed by atoms with Crippen LogP contribution in [0.5, 0.6) is 5.75 Å². The number of guanidine groups is 1. The summed E-state index contributed by atoms with van der Waals surface area (Å²) in [5.74, 6) is 1.33. The number of para-hydroxylation sites is 1. The fraction of sp³-hybridized carbons (Fsp3) is 0.318. The molecule has 1 fully saturated rings. The number of hydrogen-bond acceptors (Lipinski definition) is 6. The van der Waals surface area contributed by atoms with E-state index in [-0.39, 0.29) is 11.8 Å². The third-order valence-electron chi connectivity index (χ3n) is 5.49. The Morgan fingerprint density at radius 3 is 3.00 bits per heavy atom. The summed E-state index contributed by atoms with van der Waals surface area (Å²) in [6.07, 6.45) is 1.98. The van der Waals surface area contributed by atoms with Crippen molar-refractivity contribution in [1.82, 2.24) is 15.6 Å². The second-order valence-electron chi connectivity index (χ2n) is 7.65. The van der Waals surface area contributed by atoms with Gasteiger partial charge in [-0.15, -0.1) is 0 Å². The maximum Gasteiger partial charge on any atom is 0.246 e. The van der Waals surface area contributed by atoms with Crippen molar-refractivity contribution in [3.05, 3.63) is 53.6 Å². The van der Waals surface area contributed by atoms with Gasteiger partial charge in [0.15, 0.2) is 0 Å². The van der Waals surface area contributed by atoms with Crippen LogP contribution in [0.15, 0.2) is 47.5 Å². The molecule has 3 aliphatic rings. The van der Waals surface area contributed by atoms with Crippen molar-refractivity contribution < 1.29 is 14.3 Å². The van der Waals surface area contributed by atoms with Gasteiger partial charge in [-0.1, -0.05) is 18.2 Å². The largest absolute Gasteiger partial charge is 0.494 e. The highest BCUT2D eigenvalue weighted by molar-refractivity contribution is 6.05. The third-order valence-corrected chi connectivity index (χ3v) is 5.49. The summed E-state index contributed by atoms with van der Waals surface area (Å²) in [7, 11) is 0. The molecular weight excluding hydrogens is 382 g/mol. The number of fused-ring (bicyclic) bond motifs is 3. The standard InChI is InChI=1S/C22H23N5O3/c28-20(25-27-10-9-15-4-1-2-5-19(15)27)6-3-11-30-17-7-8-18-16(12-17)13-26-14-21(29)24-22(26)23-18/h1-2,4-5,7-8,12H,3,6,9-11,13-14H2,(H,25,28)(H,23,24,29). The first kappa shape index (κ1) is 18.5. The molecule has 30 heavy (non-hydrogen) atoms. The lowest BCUT2D eigenvalue weighted by Crippen LogP contribution is -2.41. The Labute approximate surface area is 174 Å². The molecule has 0 aliphatic carbocycles. The number of rotatable bonds is 6. The first-order chi connectivity index (χ1) is 14.7. The van der Waals surface area contributed by atoms with Crippen LogP contribution < -0.4 is 20.5 Å². The molecule has 0 spiro atoms. The fourth-order valence-corrected chi connectivity index (χ4v) is 4.01. The zero-order chi connectivity index (χ0) is 20.5. The Hall–Kier alpha value is -3.55. The summed E-state index contributed by atoms with van der Waals surface area (Å²) in [5, 5.41) is 4.68. The molecule has 8 heteroatoms. The lowest BCUT2D eigenvalue weighted by atomic mass is 10.1. The molecule has 0 unspecified atom stereocenters. The van der Waals surface area contributed by atoms with E-state index in [1.54, 1.807) is 0 Å². The van der Waals surface area contributed by atoms with Gasteiger partial charge in [-0.25, -0.2) is 4.99 Å². The molecule has 2 aromatic rings. The van der Waals surface area contributed by atoms with E-state index in [2.05, 4.69) is 21.8 Å². The van der Waals surface area contributed by atoms with Gasteiger partial charge in [-0.3, -0.25) is 25.3 Å². The number of ether oxygens (including phenoxy) is 1. The Morgan fingerprint density at radius 2 is 2.07 bits per heavy atom. The topological polar surface area (TPSA) is 86.3 Å². The number of carbonyl (C=O) groups excluding carboxylic acids is 2. The van der Waals surface area contributed by atoms with Crippen LogP contribution in [0.25, 0.3) is 0 Å². The number of anilines is 1. The van der Waals surface area contributed by atoms with Crippen LogP contribution in [0.4, 0.5) is 11.4 Å². The molecular formula is C22H23N5O3. The minimum atomic E-state index is -0.0336. The zero-order valence-electron chi connectivity index (χ0n) is 16.6. The number of amides is 2. The van der Waals surface area contributed by atoms with Crippen molar-refractivity contribution in [3.63, 3.8) is 0 Å². The van der Waals surface area contributed by atoms with E-state index < -0.39 is 0 Å². The number of hydrogen-bond donors (Lipinski definition) is 2. The predicted octanol–water partition coefficient (Wildman–Crippen LogP) is 1.87. The molecule has 2 amide bonds. The average molecular weight is 405 g/mol. The Bertz CT molecular complexity index is 1040. The van der Waals surface area contributed by atoms with Crippen molar-refractivity contribution in [2.24, 2.45) is 4.99 Å². The molecule has 2 aromatic carbocycles. The highest BCUT2D eigenvalue weighted by atomic mass is 16.5. The molecule has 8 nitrogen and oxygen atoms in total. The summed E-state index contributed by atoms with van der Waals surface area (Å²) in [4.78, 5) is 30.2. The van der Waals surface area contributed by atoms with E-state index in [0.29, 0.717) is 38.5 Å². The molecule has 2 N–H and O–H groups in total. The van der Waals surface area contributed by atoms with E-state index in [4.69, 9.17) is 4.74 Å². The summed E-state index contributed by atoms with van der Waals surface area (Å²) < 4.78 is 5.84. The maximum atomic E-state index is 12.3. The number of aliphatic imine (C=N–C) groups is 1. The van der Waals surface area contributed by atoms with Crippen molar-refractivity contribution >= 4 is 29.1 Å². The van der Waals surface area contributed by atoms with Crippen LogP contribution in [0.3, 0.4) is 0 Å². The SMILES string of the molecule is O=C1CN2Cc3cc(OCCCC(=O)NN4CCc5ccccc54)ccc3N=C2N1. The molecule has 154 valence electrons. The van der Waals surface area contributed by atoms with E-state index in [1.165, 1.54) is 5.56 Å². The monoisotopic (exact) mass is 405 g/mol. The maximum absolute atomic E-state index is 12.3. The Kier molecular flexibility index (Phi) is 4.74. The lowest BCUT2D eigenvalue weighted by Gasteiger charge is -2.23. The van der Waals surface area contributed by atoms with E-state index >= 15 is 0 Å². The summed E-state index contributed by atoms with van der Waals surface area (Å²) in [5.41, 5.74) is 7.20. The molecule has 3 heterocycles. The van der Waals surface area contributed by atoms with Crippen molar-refractivity contribution in [2.45, 2.75) is 25.8 Å². The summed E-state index contributed by atoms with van der Waals surface area (Å²) >= 11 is 0. The van der Waals surface area contributed by atoms with Crippen LogP contribution in [0, 0.1) is 0 Å². The smallest absolute Gasteiger partial charge is 0.246 e. The van der Waals surface area contributed by atoms with Gasteiger partial charge in [0.1, 0.15) is 12.3 Å². The third kappa shape index (κ3) is 3.68. The molecule has 0 saturated carbocycles. The van der Waals surface area contributed by atoms with Crippen LogP contribution >= 0.6 is 0 Å². The second-order valence-corrected chi connectivity index (χ2v) is 7.65. The lowest BCUT2D eigenvalue weighted by molar-refractivity contribution is -0.121. The van der Waals surface area contributed by atoms with Gasteiger partial charge in [-0.05, 0) is 42.7 Å².